The lowest BCUT2D eigenvalue weighted by Gasteiger charge is -2.09. The summed E-state index contributed by atoms with van der Waals surface area (Å²) >= 11 is 0. The molecule has 3 aromatic rings. The molecule has 5 nitrogen and oxygen atoms in total. The van der Waals surface area contributed by atoms with E-state index < -0.39 is 0 Å². The van der Waals surface area contributed by atoms with Gasteiger partial charge in [0.1, 0.15) is 11.6 Å². The average Bonchev–Trinajstić information content (AvgIpc) is 3.04. The minimum atomic E-state index is -0.0838. The molecule has 24 heavy (non-hydrogen) atoms. The Hall–Kier alpha value is -2.82. The van der Waals surface area contributed by atoms with Crippen molar-refractivity contribution < 1.29 is 9.53 Å². The van der Waals surface area contributed by atoms with Gasteiger partial charge in [0.15, 0.2) is 0 Å². The molecule has 5 heteroatoms. The Morgan fingerprint density at radius 1 is 1.25 bits per heavy atom. The van der Waals surface area contributed by atoms with Crippen LogP contribution in [0.2, 0.25) is 0 Å². The Kier molecular flexibility index (Phi) is 4.79. The molecule has 0 fully saturated rings. The molecule has 3 rings (SSSR count). The number of benzene rings is 2. The van der Waals surface area contributed by atoms with Gasteiger partial charge in [0.2, 0.25) is 0 Å². The van der Waals surface area contributed by atoms with E-state index in [1.807, 2.05) is 43.3 Å². The number of carbonyl (C=O) groups excluding carboxylic acids is 1. The summed E-state index contributed by atoms with van der Waals surface area (Å²) in [5.41, 5.74) is 3.49. The Morgan fingerprint density at radius 2 is 2.08 bits per heavy atom. The van der Waals surface area contributed by atoms with E-state index in [1.165, 1.54) is 0 Å². The smallest absolute Gasteiger partial charge is 0.251 e. The first-order chi connectivity index (χ1) is 11.7. The van der Waals surface area contributed by atoms with Crippen LogP contribution >= 0.6 is 0 Å². The SMILES string of the molecule is CCc1nc2ccc(C(=O)NCCc3ccccc3OC)cc2[nH]1. The highest BCUT2D eigenvalue weighted by Crippen LogP contribution is 2.17. The number of methoxy groups -OCH3 is 1. The fraction of sp³-hybridized carbons (Fsp3) is 0.263. The van der Waals surface area contributed by atoms with Gasteiger partial charge in [-0.2, -0.15) is 0 Å². The van der Waals surface area contributed by atoms with Gasteiger partial charge in [-0.15, -0.1) is 0 Å². The second-order valence-electron chi connectivity index (χ2n) is 5.59. The zero-order valence-corrected chi connectivity index (χ0v) is 13.9. The molecule has 124 valence electrons. The molecule has 1 amide bonds. The first-order valence-corrected chi connectivity index (χ1v) is 8.10. The number of hydrogen-bond donors (Lipinski definition) is 2. The number of imidazole rings is 1. The van der Waals surface area contributed by atoms with Crippen molar-refractivity contribution in [3.05, 3.63) is 59.4 Å². The van der Waals surface area contributed by atoms with Crippen LogP contribution in [0.15, 0.2) is 42.5 Å². The number of para-hydroxylation sites is 1. The van der Waals surface area contributed by atoms with Gasteiger partial charge in [-0.3, -0.25) is 4.79 Å². The van der Waals surface area contributed by atoms with Crippen molar-refractivity contribution in [3.63, 3.8) is 0 Å². The van der Waals surface area contributed by atoms with E-state index in [9.17, 15) is 4.79 Å². The predicted molar refractivity (Wildman–Crippen MR) is 94.5 cm³/mol. The van der Waals surface area contributed by atoms with E-state index in [0.717, 1.165) is 41.0 Å². The highest BCUT2D eigenvalue weighted by atomic mass is 16.5. The minimum Gasteiger partial charge on any atom is -0.496 e. The van der Waals surface area contributed by atoms with Crippen LogP contribution in [0.4, 0.5) is 0 Å². The molecular formula is C19H21N3O2. The second kappa shape index (κ2) is 7.17. The van der Waals surface area contributed by atoms with E-state index in [1.54, 1.807) is 13.2 Å². The first-order valence-electron chi connectivity index (χ1n) is 8.10. The molecule has 0 saturated heterocycles. The number of ether oxygens (including phenoxy) is 1. The van der Waals surface area contributed by atoms with Crippen molar-refractivity contribution >= 4 is 16.9 Å². The molecule has 1 aromatic heterocycles. The normalized spacial score (nSPS) is 10.8. The molecule has 0 saturated carbocycles. The molecule has 0 bridgehead atoms. The molecule has 0 aliphatic heterocycles. The summed E-state index contributed by atoms with van der Waals surface area (Å²) in [6.45, 7) is 2.60. The molecule has 2 N–H and O–H groups in total. The highest BCUT2D eigenvalue weighted by molar-refractivity contribution is 5.97. The number of rotatable bonds is 6. The van der Waals surface area contributed by atoms with Crippen LogP contribution in [0.5, 0.6) is 5.75 Å². The number of amides is 1. The quantitative estimate of drug-likeness (QED) is 0.732. The van der Waals surface area contributed by atoms with Gasteiger partial charge in [0.05, 0.1) is 18.1 Å². The molecule has 2 aromatic carbocycles. The predicted octanol–water partition coefficient (Wildman–Crippen LogP) is 3.11. The Labute approximate surface area is 141 Å². The van der Waals surface area contributed by atoms with Crippen molar-refractivity contribution in [3.8, 4) is 5.75 Å². The topological polar surface area (TPSA) is 67.0 Å². The molecule has 1 heterocycles. The lowest BCUT2D eigenvalue weighted by molar-refractivity contribution is 0.0954. The van der Waals surface area contributed by atoms with Crippen molar-refractivity contribution in [1.29, 1.82) is 0 Å². The number of nitrogens with zero attached hydrogens (tertiary/aromatic N) is 1. The maximum absolute atomic E-state index is 12.3. The number of fused-ring (bicyclic) bond motifs is 1. The number of aromatic amines is 1. The van der Waals surface area contributed by atoms with Crippen molar-refractivity contribution in [2.24, 2.45) is 0 Å². The van der Waals surface area contributed by atoms with Gasteiger partial charge in [-0.05, 0) is 36.2 Å². The number of hydrogen-bond acceptors (Lipinski definition) is 3. The molecule has 0 aliphatic carbocycles. The fourth-order valence-electron chi connectivity index (χ4n) is 2.69. The number of nitrogens with one attached hydrogen (secondary N) is 2. The standard InChI is InChI=1S/C19H21N3O2/c1-3-18-21-15-9-8-14(12-16(15)22-18)19(23)20-11-10-13-6-4-5-7-17(13)24-2/h4-9,12H,3,10-11H2,1-2H3,(H,20,23)(H,21,22). The monoisotopic (exact) mass is 323 g/mol. The van der Waals surface area contributed by atoms with E-state index in [-0.39, 0.29) is 5.91 Å². The summed E-state index contributed by atoms with van der Waals surface area (Å²) in [7, 11) is 1.65. The summed E-state index contributed by atoms with van der Waals surface area (Å²) in [6, 6.07) is 13.4. The fourth-order valence-corrected chi connectivity index (χ4v) is 2.69. The molecule has 0 atom stereocenters. The zero-order valence-electron chi connectivity index (χ0n) is 13.9. The maximum atomic E-state index is 12.3. The van der Waals surface area contributed by atoms with Gasteiger partial charge >= 0.3 is 0 Å². The Balaban J connectivity index is 1.64. The molecular weight excluding hydrogens is 302 g/mol. The summed E-state index contributed by atoms with van der Waals surface area (Å²) < 4.78 is 5.32. The molecule has 0 radical (unpaired) electrons. The molecule has 0 spiro atoms. The number of aromatic nitrogens is 2. The lowest BCUT2D eigenvalue weighted by atomic mass is 10.1. The zero-order chi connectivity index (χ0) is 16.9. The van der Waals surface area contributed by atoms with Crippen LogP contribution in [0.1, 0.15) is 28.7 Å². The summed E-state index contributed by atoms with van der Waals surface area (Å²) in [5, 5.41) is 2.96. The van der Waals surface area contributed by atoms with E-state index in [4.69, 9.17) is 4.74 Å². The summed E-state index contributed by atoms with van der Waals surface area (Å²) in [5.74, 6) is 1.69. The minimum absolute atomic E-state index is 0.0838. The summed E-state index contributed by atoms with van der Waals surface area (Å²) in [4.78, 5) is 20.0. The third-order valence-corrected chi connectivity index (χ3v) is 4.00. The highest BCUT2D eigenvalue weighted by Gasteiger charge is 2.09. The summed E-state index contributed by atoms with van der Waals surface area (Å²) in [6.07, 6.45) is 1.57. The average molecular weight is 323 g/mol. The van der Waals surface area contributed by atoms with Crippen LogP contribution in [-0.4, -0.2) is 29.5 Å². The van der Waals surface area contributed by atoms with E-state index in [2.05, 4.69) is 15.3 Å². The van der Waals surface area contributed by atoms with Crippen LogP contribution in [0, 0.1) is 0 Å². The van der Waals surface area contributed by atoms with Gasteiger partial charge in [-0.25, -0.2) is 4.98 Å². The van der Waals surface area contributed by atoms with Gasteiger partial charge in [0, 0.05) is 18.5 Å². The van der Waals surface area contributed by atoms with Crippen LogP contribution in [0.3, 0.4) is 0 Å². The molecule has 0 unspecified atom stereocenters. The van der Waals surface area contributed by atoms with Crippen LogP contribution in [0.25, 0.3) is 11.0 Å². The Bertz CT molecular complexity index is 855. The maximum Gasteiger partial charge on any atom is 0.251 e. The van der Waals surface area contributed by atoms with Crippen molar-refractivity contribution in [1.82, 2.24) is 15.3 Å². The van der Waals surface area contributed by atoms with Crippen LogP contribution < -0.4 is 10.1 Å². The largest absolute Gasteiger partial charge is 0.496 e. The van der Waals surface area contributed by atoms with Gasteiger partial charge in [0.25, 0.3) is 5.91 Å². The third-order valence-electron chi connectivity index (χ3n) is 4.00. The van der Waals surface area contributed by atoms with Gasteiger partial charge in [-0.1, -0.05) is 25.1 Å². The van der Waals surface area contributed by atoms with Crippen LogP contribution in [-0.2, 0) is 12.8 Å². The molecule has 0 aliphatic rings. The van der Waals surface area contributed by atoms with Crippen molar-refractivity contribution in [2.75, 3.05) is 13.7 Å². The number of aryl methyl sites for hydroxylation is 1. The third kappa shape index (κ3) is 3.40. The van der Waals surface area contributed by atoms with Gasteiger partial charge < -0.3 is 15.0 Å². The lowest BCUT2D eigenvalue weighted by Crippen LogP contribution is -2.25. The second-order valence-corrected chi connectivity index (χ2v) is 5.59. The number of carbonyl (C=O) groups is 1. The van der Waals surface area contributed by atoms with Crippen molar-refractivity contribution in [2.45, 2.75) is 19.8 Å². The van der Waals surface area contributed by atoms with E-state index in [0.29, 0.717) is 12.1 Å². The Morgan fingerprint density at radius 3 is 2.88 bits per heavy atom. The van der Waals surface area contributed by atoms with E-state index >= 15 is 0 Å². The number of H-pyrrole nitrogens is 1. The first kappa shape index (κ1) is 16.1.